The number of hydrogen-bond acceptors (Lipinski definition) is 4. The lowest BCUT2D eigenvalue weighted by molar-refractivity contribution is -0.0344. The van der Waals surface area contributed by atoms with Crippen LogP contribution >= 0.6 is 0 Å². The van der Waals surface area contributed by atoms with Crippen LogP contribution in [-0.2, 0) is 10.3 Å². The summed E-state index contributed by atoms with van der Waals surface area (Å²) in [5.74, 6) is 0.858. The minimum absolute atomic E-state index is 0.0379. The molecule has 29 heavy (non-hydrogen) atoms. The van der Waals surface area contributed by atoms with Gasteiger partial charge >= 0.3 is 0 Å². The van der Waals surface area contributed by atoms with Crippen molar-refractivity contribution in [2.24, 2.45) is 0 Å². The minimum atomic E-state index is -0.376. The SMILES string of the molecule is COC(C)(C)C1CCCN1C(=O)c1cnn2c1NC(c1ccccc1)CC2(C)C. The third kappa shape index (κ3) is 3.44. The molecular formula is C23H32N4O2. The zero-order valence-electron chi connectivity index (χ0n) is 18.1. The largest absolute Gasteiger partial charge is 0.377 e. The number of likely N-dealkylation sites (tertiary alicyclic amines) is 1. The predicted octanol–water partition coefficient (Wildman–Crippen LogP) is 4.20. The summed E-state index contributed by atoms with van der Waals surface area (Å²) in [6.45, 7) is 9.24. The Kier molecular flexibility index (Phi) is 4.93. The highest BCUT2D eigenvalue weighted by atomic mass is 16.5. The molecule has 1 fully saturated rings. The first-order valence-electron chi connectivity index (χ1n) is 10.5. The van der Waals surface area contributed by atoms with Gasteiger partial charge in [0, 0.05) is 13.7 Å². The van der Waals surface area contributed by atoms with Crippen molar-refractivity contribution in [2.75, 3.05) is 19.0 Å². The molecule has 0 bridgehead atoms. The molecule has 0 aliphatic carbocycles. The fraction of sp³-hybridized carbons (Fsp3) is 0.565. The Morgan fingerprint density at radius 2 is 2.00 bits per heavy atom. The maximum atomic E-state index is 13.6. The molecule has 0 spiro atoms. The van der Waals surface area contributed by atoms with Crippen LogP contribution in [0.25, 0.3) is 0 Å². The van der Waals surface area contributed by atoms with Crippen LogP contribution in [0, 0.1) is 0 Å². The maximum absolute atomic E-state index is 13.6. The average Bonchev–Trinajstić information content (AvgIpc) is 3.36. The van der Waals surface area contributed by atoms with Crippen molar-refractivity contribution in [2.45, 2.75) is 70.2 Å². The van der Waals surface area contributed by atoms with Gasteiger partial charge in [-0.05, 0) is 52.5 Å². The number of aromatic nitrogens is 2. The van der Waals surface area contributed by atoms with Gasteiger partial charge < -0.3 is 15.0 Å². The Morgan fingerprint density at radius 3 is 2.69 bits per heavy atom. The van der Waals surface area contributed by atoms with Crippen molar-refractivity contribution in [3.8, 4) is 0 Å². The van der Waals surface area contributed by atoms with Gasteiger partial charge in [-0.25, -0.2) is 4.68 Å². The molecular weight excluding hydrogens is 364 g/mol. The number of hydrogen-bond donors (Lipinski definition) is 1. The Morgan fingerprint density at radius 1 is 1.28 bits per heavy atom. The zero-order chi connectivity index (χ0) is 20.8. The number of nitrogens with zero attached hydrogens (tertiary/aromatic N) is 3. The number of ether oxygens (including phenoxy) is 1. The first kappa shape index (κ1) is 20.0. The number of rotatable bonds is 4. The summed E-state index contributed by atoms with van der Waals surface area (Å²) in [6.07, 6.45) is 4.59. The highest BCUT2D eigenvalue weighted by Gasteiger charge is 2.43. The van der Waals surface area contributed by atoms with Gasteiger partial charge in [0.2, 0.25) is 0 Å². The summed E-state index contributed by atoms with van der Waals surface area (Å²) in [6, 6.07) is 10.6. The van der Waals surface area contributed by atoms with Crippen molar-refractivity contribution < 1.29 is 9.53 Å². The molecule has 156 valence electrons. The highest BCUT2D eigenvalue weighted by molar-refractivity contribution is 5.99. The normalized spacial score (nSPS) is 23.6. The number of nitrogens with one attached hydrogen (secondary N) is 1. The van der Waals surface area contributed by atoms with Crippen LogP contribution in [0.3, 0.4) is 0 Å². The lowest BCUT2D eigenvalue weighted by Gasteiger charge is -2.39. The molecule has 2 atom stereocenters. The van der Waals surface area contributed by atoms with Crippen molar-refractivity contribution in [3.05, 3.63) is 47.7 Å². The third-order valence-corrected chi connectivity index (χ3v) is 6.63. The third-order valence-electron chi connectivity index (χ3n) is 6.63. The summed E-state index contributed by atoms with van der Waals surface area (Å²) in [5, 5.41) is 8.22. The lowest BCUT2D eigenvalue weighted by atomic mass is 9.89. The molecule has 2 unspecified atom stereocenters. The van der Waals surface area contributed by atoms with Gasteiger partial charge in [-0.2, -0.15) is 5.10 Å². The number of anilines is 1. The highest BCUT2D eigenvalue weighted by Crippen LogP contribution is 2.41. The first-order valence-corrected chi connectivity index (χ1v) is 10.5. The van der Waals surface area contributed by atoms with E-state index in [1.807, 2.05) is 15.6 Å². The topological polar surface area (TPSA) is 59.4 Å². The molecule has 2 aliphatic rings. The number of amides is 1. The van der Waals surface area contributed by atoms with E-state index in [0.717, 1.165) is 31.6 Å². The van der Waals surface area contributed by atoms with Crippen LogP contribution in [0.1, 0.15) is 68.9 Å². The predicted molar refractivity (Wildman–Crippen MR) is 114 cm³/mol. The van der Waals surface area contributed by atoms with Gasteiger partial charge in [0.15, 0.2) is 0 Å². The van der Waals surface area contributed by atoms with Gasteiger partial charge in [-0.3, -0.25) is 4.79 Å². The van der Waals surface area contributed by atoms with Gasteiger partial charge in [0.05, 0.1) is 29.4 Å². The van der Waals surface area contributed by atoms with E-state index in [1.165, 1.54) is 5.56 Å². The van der Waals surface area contributed by atoms with Gasteiger partial charge in [0.1, 0.15) is 11.4 Å². The molecule has 1 aromatic carbocycles. The van der Waals surface area contributed by atoms with E-state index in [0.29, 0.717) is 5.56 Å². The van der Waals surface area contributed by atoms with Crippen molar-refractivity contribution >= 4 is 11.7 Å². The number of methoxy groups -OCH3 is 1. The first-order chi connectivity index (χ1) is 13.7. The Hall–Kier alpha value is -2.34. The smallest absolute Gasteiger partial charge is 0.259 e. The molecule has 6 nitrogen and oxygen atoms in total. The van der Waals surface area contributed by atoms with Crippen LogP contribution in [0.4, 0.5) is 5.82 Å². The Labute approximate surface area is 173 Å². The molecule has 0 radical (unpaired) electrons. The van der Waals surface area contributed by atoms with Gasteiger partial charge in [-0.1, -0.05) is 30.3 Å². The molecule has 3 heterocycles. The van der Waals surface area contributed by atoms with E-state index in [9.17, 15) is 4.79 Å². The second-order valence-electron chi connectivity index (χ2n) is 9.41. The van der Waals surface area contributed by atoms with E-state index in [1.54, 1.807) is 13.3 Å². The molecule has 2 aliphatic heterocycles. The van der Waals surface area contributed by atoms with E-state index in [-0.39, 0.29) is 29.1 Å². The molecule has 1 aromatic heterocycles. The van der Waals surface area contributed by atoms with Crippen LogP contribution in [0.5, 0.6) is 0 Å². The summed E-state index contributed by atoms with van der Waals surface area (Å²) >= 11 is 0. The quantitative estimate of drug-likeness (QED) is 0.841. The lowest BCUT2D eigenvalue weighted by Crippen LogP contribution is -2.49. The van der Waals surface area contributed by atoms with E-state index in [2.05, 4.69) is 62.4 Å². The van der Waals surface area contributed by atoms with Crippen molar-refractivity contribution in [3.63, 3.8) is 0 Å². The zero-order valence-corrected chi connectivity index (χ0v) is 18.1. The van der Waals surface area contributed by atoms with Gasteiger partial charge in [-0.15, -0.1) is 0 Å². The van der Waals surface area contributed by atoms with Crippen LogP contribution in [0.15, 0.2) is 36.5 Å². The van der Waals surface area contributed by atoms with Crippen LogP contribution in [0.2, 0.25) is 0 Å². The maximum Gasteiger partial charge on any atom is 0.259 e. The molecule has 0 saturated carbocycles. The van der Waals surface area contributed by atoms with E-state index in [4.69, 9.17) is 4.74 Å². The molecule has 1 saturated heterocycles. The van der Waals surface area contributed by atoms with E-state index >= 15 is 0 Å². The summed E-state index contributed by atoms with van der Waals surface area (Å²) in [5.41, 5.74) is 1.32. The molecule has 2 aromatic rings. The fourth-order valence-corrected chi connectivity index (χ4v) is 4.81. The minimum Gasteiger partial charge on any atom is -0.377 e. The number of carbonyl (C=O) groups excluding carboxylic acids is 1. The summed E-state index contributed by atoms with van der Waals surface area (Å²) in [4.78, 5) is 15.6. The Balaban J connectivity index is 1.68. The van der Waals surface area contributed by atoms with Crippen LogP contribution in [-0.4, -0.2) is 45.9 Å². The molecule has 1 amide bonds. The molecule has 1 N–H and O–H groups in total. The van der Waals surface area contributed by atoms with Gasteiger partial charge in [0.25, 0.3) is 5.91 Å². The van der Waals surface area contributed by atoms with Crippen LogP contribution < -0.4 is 5.32 Å². The van der Waals surface area contributed by atoms with Crippen molar-refractivity contribution in [1.82, 2.24) is 14.7 Å². The van der Waals surface area contributed by atoms with Crippen molar-refractivity contribution in [1.29, 1.82) is 0 Å². The second kappa shape index (κ2) is 7.17. The molecule has 4 rings (SSSR count). The number of benzene rings is 1. The molecule has 6 heteroatoms. The number of carbonyl (C=O) groups is 1. The summed E-state index contributed by atoms with van der Waals surface area (Å²) < 4.78 is 7.69. The Bertz CT molecular complexity index is 888. The summed E-state index contributed by atoms with van der Waals surface area (Å²) in [7, 11) is 1.72. The fourth-order valence-electron chi connectivity index (χ4n) is 4.81. The monoisotopic (exact) mass is 396 g/mol. The number of fused-ring (bicyclic) bond motifs is 1. The average molecular weight is 397 g/mol. The van der Waals surface area contributed by atoms with E-state index < -0.39 is 0 Å². The standard InChI is InChI=1S/C23H32N4O2/c1-22(2)14-18(16-10-7-6-8-11-16)25-20-17(15-24-27(20)22)21(28)26-13-9-12-19(26)23(3,4)29-5/h6-8,10-11,15,18-19,25H,9,12-14H2,1-5H3. The second-order valence-corrected chi connectivity index (χ2v) is 9.41.